The summed E-state index contributed by atoms with van der Waals surface area (Å²) in [6, 6.07) is 6.12. The fourth-order valence-corrected chi connectivity index (χ4v) is 3.53. The van der Waals surface area contributed by atoms with Crippen molar-refractivity contribution in [2.24, 2.45) is 5.10 Å². The lowest BCUT2D eigenvalue weighted by atomic mass is 10.0. The van der Waals surface area contributed by atoms with Gasteiger partial charge in [-0.1, -0.05) is 35.1 Å². The predicted octanol–water partition coefficient (Wildman–Crippen LogP) is 0.825. The van der Waals surface area contributed by atoms with Crippen LogP contribution >= 0.6 is 22.9 Å². The highest BCUT2D eigenvalue weighted by molar-refractivity contribution is 7.14. The Morgan fingerprint density at radius 2 is 2.12 bits per heavy atom. The third-order valence-electron chi connectivity index (χ3n) is 3.78. The maximum Gasteiger partial charge on any atom is 0.328 e. The molecule has 1 aliphatic heterocycles. The molecule has 1 N–H and O–H groups in total. The molecule has 0 spiro atoms. The van der Waals surface area contributed by atoms with Crippen LogP contribution in [-0.4, -0.2) is 42.4 Å². The van der Waals surface area contributed by atoms with Crippen LogP contribution in [0.25, 0.3) is 11.2 Å². The summed E-state index contributed by atoms with van der Waals surface area (Å²) in [7, 11) is 0. The molecule has 4 rings (SSSR count). The molecule has 3 heterocycles. The molecule has 0 saturated carbocycles. The van der Waals surface area contributed by atoms with E-state index in [9.17, 15) is 14.7 Å². The number of benzene rings is 1. The third kappa shape index (κ3) is 2.77. The molecule has 3 aromatic rings. The van der Waals surface area contributed by atoms with Crippen molar-refractivity contribution in [3.05, 3.63) is 56.1 Å². The summed E-state index contributed by atoms with van der Waals surface area (Å²) in [6.07, 6.45) is 2.96. The van der Waals surface area contributed by atoms with Crippen LogP contribution in [0.15, 0.2) is 40.5 Å². The Kier molecular flexibility index (Phi) is 3.74. The molecule has 0 bridgehead atoms. The predicted molar refractivity (Wildman–Crippen MR) is 92.7 cm³/mol. The van der Waals surface area contributed by atoms with E-state index in [1.165, 1.54) is 22.1 Å². The molecule has 1 aliphatic rings. The quantitative estimate of drug-likeness (QED) is 0.727. The summed E-state index contributed by atoms with van der Waals surface area (Å²) in [4.78, 5) is 28.2. The molecule has 0 amide bonds. The molecule has 2 aromatic heterocycles. The Balaban J connectivity index is 1.77. The summed E-state index contributed by atoms with van der Waals surface area (Å²) < 4.78 is 1.49. The van der Waals surface area contributed by atoms with Gasteiger partial charge >= 0.3 is 5.97 Å². The Morgan fingerprint density at radius 3 is 2.80 bits per heavy atom. The molecule has 1 aromatic carbocycles. The lowest BCUT2D eigenvalue weighted by molar-refractivity contribution is -0.141. The van der Waals surface area contributed by atoms with Gasteiger partial charge in [0.1, 0.15) is 10.9 Å². The number of carboxylic acid groups (broad SMARTS) is 1. The first-order valence-corrected chi connectivity index (χ1v) is 8.41. The second kappa shape index (κ2) is 5.94. The van der Waals surface area contributed by atoms with Crippen molar-refractivity contribution in [2.45, 2.75) is 12.5 Å². The van der Waals surface area contributed by atoms with Crippen LogP contribution in [0.4, 0.5) is 0 Å². The number of hydrazone groups is 1. The van der Waals surface area contributed by atoms with E-state index >= 15 is 0 Å². The van der Waals surface area contributed by atoms with Gasteiger partial charge in [-0.15, -0.1) is 0 Å². The van der Waals surface area contributed by atoms with E-state index in [1.807, 2.05) is 0 Å². The van der Waals surface area contributed by atoms with Crippen molar-refractivity contribution < 1.29 is 9.90 Å². The van der Waals surface area contributed by atoms with Crippen LogP contribution in [0, 0.1) is 0 Å². The largest absolute Gasteiger partial charge is 0.480 e. The Hall–Kier alpha value is -2.78. The van der Waals surface area contributed by atoms with Gasteiger partial charge in [-0.05, 0) is 17.7 Å². The monoisotopic (exact) mass is 375 g/mol. The van der Waals surface area contributed by atoms with Gasteiger partial charge in [-0.2, -0.15) is 14.7 Å². The van der Waals surface area contributed by atoms with E-state index < -0.39 is 12.0 Å². The summed E-state index contributed by atoms with van der Waals surface area (Å²) >= 11 is 7.01. The first kappa shape index (κ1) is 15.7. The van der Waals surface area contributed by atoms with Crippen LogP contribution in [0.2, 0.25) is 5.02 Å². The summed E-state index contributed by atoms with van der Waals surface area (Å²) in [6.45, 7) is 0. The number of nitrogens with zero attached hydrogens (tertiary/aromatic N) is 5. The van der Waals surface area contributed by atoms with Crippen LogP contribution in [0.3, 0.4) is 0 Å². The maximum atomic E-state index is 12.2. The molecule has 126 valence electrons. The van der Waals surface area contributed by atoms with Crippen molar-refractivity contribution >= 4 is 45.8 Å². The second-order valence-corrected chi connectivity index (χ2v) is 6.79. The number of carboxylic acids is 1. The molecule has 0 saturated heterocycles. The average molecular weight is 376 g/mol. The number of thiazole rings is 1. The van der Waals surface area contributed by atoms with Crippen molar-refractivity contribution in [3.8, 4) is 0 Å². The average Bonchev–Trinajstić information content (AvgIpc) is 3.27. The van der Waals surface area contributed by atoms with Gasteiger partial charge in [0, 0.05) is 17.6 Å². The molecule has 10 heteroatoms. The lowest BCUT2D eigenvalue weighted by Crippen LogP contribution is -2.34. The van der Waals surface area contributed by atoms with Crippen molar-refractivity contribution in [2.75, 3.05) is 0 Å². The minimum absolute atomic E-state index is 0.225. The van der Waals surface area contributed by atoms with Gasteiger partial charge in [-0.25, -0.2) is 9.78 Å². The molecular weight excluding hydrogens is 366 g/mol. The van der Waals surface area contributed by atoms with E-state index in [0.717, 1.165) is 16.9 Å². The molecule has 0 radical (unpaired) electrons. The number of hydrogen-bond donors (Lipinski definition) is 1. The molecule has 8 nitrogen and oxygen atoms in total. The van der Waals surface area contributed by atoms with Gasteiger partial charge in [0.2, 0.25) is 4.96 Å². The molecule has 25 heavy (non-hydrogen) atoms. The van der Waals surface area contributed by atoms with Crippen molar-refractivity contribution in [3.63, 3.8) is 0 Å². The van der Waals surface area contributed by atoms with E-state index in [4.69, 9.17) is 11.6 Å². The number of rotatable bonds is 3. The topological polar surface area (TPSA) is 100 Å². The lowest BCUT2D eigenvalue weighted by Gasteiger charge is -2.14. The summed E-state index contributed by atoms with van der Waals surface area (Å²) in [5.74, 6) is -1.02. The highest BCUT2D eigenvalue weighted by Crippen LogP contribution is 2.22. The molecule has 0 unspecified atom stereocenters. The van der Waals surface area contributed by atoms with E-state index in [0.29, 0.717) is 20.2 Å². The van der Waals surface area contributed by atoms with Crippen LogP contribution in [0.5, 0.6) is 0 Å². The minimum atomic E-state index is -1.02. The first-order chi connectivity index (χ1) is 12.0. The van der Waals surface area contributed by atoms with Gasteiger partial charge in [0.05, 0.1) is 5.71 Å². The van der Waals surface area contributed by atoms with Gasteiger partial charge in [0.15, 0.2) is 6.04 Å². The van der Waals surface area contributed by atoms with Crippen LogP contribution in [0.1, 0.15) is 12.0 Å². The van der Waals surface area contributed by atoms with Crippen molar-refractivity contribution in [1.82, 2.24) is 19.6 Å². The number of carbonyl (C=O) groups is 1. The number of fused-ring (bicyclic) bond motifs is 1. The fraction of sp³-hybridized carbons (Fsp3) is 0.133. The van der Waals surface area contributed by atoms with E-state index in [-0.39, 0.29) is 12.0 Å². The Labute approximate surface area is 149 Å². The number of hydrogen-bond acceptors (Lipinski definition) is 7. The SMILES string of the molecule is O=C(O)[C@H]1CC(c2ccc(Cl)cc2)=NN1/C=c1\sc2ncnn2c1=O. The highest BCUT2D eigenvalue weighted by atomic mass is 35.5. The first-order valence-electron chi connectivity index (χ1n) is 7.22. The molecular formula is C15H10ClN5O3S. The smallest absolute Gasteiger partial charge is 0.328 e. The van der Waals surface area contributed by atoms with E-state index in [1.54, 1.807) is 24.3 Å². The minimum Gasteiger partial charge on any atom is -0.480 e. The van der Waals surface area contributed by atoms with E-state index in [2.05, 4.69) is 15.2 Å². The van der Waals surface area contributed by atoms with Gasteiger partial charge < -0.3 is 5.11 Å². The third-order valence-corrected chi connectivity index (χ3v) is 4.99. The zero-order chi connectivity index (χ0) is 17.6. The van der Waals surface area contributed by atoms with Gasteiger partial charge in [-0.3, -0.25) is 9.80 Å². The number of halogens is 1. The number of aromatic nitrogens is 3. The maximum absolute atomic E-state index is 12.2. The fourth-order valence-electron chi connectivity index (χ4n) is 2.55. The number of aliphatic carboxylic acids is 1. The second-order valence-electron chi connectivity index (χ2n) is 5.35. The highest BCUT2D eigenvalue weighted by Gasteiger charge is 2.32. The molecule has 0 fully saturated rings. The standard InChI is InChI=1S/C15H10ClN5O3S/c16-9-3-1-8(2-4-9)10-5-11(14(23)24)20(19-10)6-12-13(22)21-15(25-12)17-7-18-21/h1-4,6-7,11H,5H2,(H,23,24)/b12-6-/t11-/m1/s1. The van der Waals surface area contributed by atoms with Gasteiger partial charge in [0.25, 0.3) is 5.56 Å². The van der Waals surface area contributed by atoms with Crippen LogP contribution < -0.4 is 10.1 Å². The zero-order valence-electron chi connectivity index (χ0n) is 12.5. The van der Waals surface area contributed by atoms with Crippen molar-refractivity contribution in [1.29, 1.82) is 0 Å². The molecule has 1 atom stereocenters. The zero-order valence-corrected chi connectivity index (χ0v) is 14.1. The summed E-state index contributed by atoms with van der Waals surface area (Å²) in [5, 5.41) is 19.6. The summed E-state index contributed by atoms with van der Waals surface area (Å²) in [5.41, 5.74) is 1.06. The Morgan fingerprint density at radius 1 is 1.36 bits per heavy atom. The normalized spacial score (nSPS) is 18.1. The molecule has 0 aliphatic carbocycles. The van der Waals surface area contributed by atoms with Crippen LogP contribution in [-0.2, 0) is 4.79 Å². The Bertz CT molecular complexity index is 1100.